The summed E-state index contributed by atoms with van der Waals surface area (Å²) in [6.07, 6.45) is -0.656. The topological polar surface area (TPSA) is 45.2 Å². The van der Waals surface area contributed by atoms with Crippen LogP contribution < -0.4 is 5.32 Å². The molecule has 2 heterocycles. The van der Waals surface area contributed by atoms with Crippen LogP contribution in [0.15, 0.2) is 42.6 Å². The lowest BCUT2D eigenvalue weighted by molar-refractivity contribution is 0.0383. The minimum absolute atomic E-state index is 0.104. The lowest BCUT2D eigenvalue weighted by Crippen LogP contribution is -2.50. The van der Waals surface area contributed by atoms with E-state index in [1.54, 1.807) is 24.1 Å². The molecule has 4 nitrogen and oxygen atoms in total. The molecule has 1 fully saturated rings. The van der Waals surface area contributed by atoms with Crippen molar-refractivity contribution in [2.24, 2.45) is 0 Å². The highest BCUT2D eigenvalue weighted by atomic mass is 19.3. The van der Waals surface area contributed by atoms with Crippen molar-refractivity contribution in [3.63, 3.8) is 0 Å². The molecule has 2 unspecified atom stereocenters. The Morgan fingerprint density at radius 3 is 2.59 bits per heavy atom. The smallest absolute Gasteiger partial charge is 0.322 e. The maximum atomic E-state index is 15.5. The fourth-order valence-corrected chi connectivity index (χ4v) is 3.58. The highest BCUT2D eigenvalue weighted by Crippen LogP contribution is 2.40. The van der Waals surface area contributed by atoms with E-state index in [-0.39, 0.29) is 37.0 Å². The molecule has 2 aromatic rings. The largest absolute Gasteiger partial charge is 0.322 e. The Balaban J connectivity index is 1.67. The number of carbonyl (C=O) groups excluding carboxylic acids is 1. The molecule has 7 heteroatoms. The number of amides is 2. The fraction of sp³-hybridized carbons (Fsp3) is 0.400. The number of alkyl halides is 3. The second-order valence-electron chi connectivity index (χ2n) is 6.98. The first kappa shape index (κ1) is 19.2. The van der Waals surface area contributed by atoms with Gasteiger partial charge in [-0.05, 0) is 37.6 Å². The first-order valence-corrected chi connectivity index (χ1v) is 8.87. The van der Waals surface area contributed by atoms with Gasteiger partial charge in [0.15, 0.2) is 5.67 Å². The van der Waals surface area contributed by atoms with Crippen LogP contribution >= 0.6 is 0 Å². The Bertz CT molecular complexity index is 812. The van der Waals surface area contributed by atoms with Crippen LogP contribution in [0.4, 0.5) is 23.7 Å². The summed E-state index contributed by atoms with van der Waals surface area (Å²) in [6.45, 7) is 3.87. The number of carbonyl (C=O) groups is 1. The predicted octanol–water partition coefficient (Wildman–Crippen LogP) is 5.21. The zero-order chi connectivity index (χ0) is 19.6. The third kappa shape index (κ3) is 4.07. The number of pyridine rings is 1. The van der Waals surface area contributed by atoms with Gasteiger partial charge < -0.3 is 10.2 Å². The summed E-state index contributed by atoms with van der Waals surface area (Å²) in [5, 5.41) is 2.69. The number of aryl methyl sites for hydroxylation is 1. The number of aromatic nitrogens is 1. The number of nitrogens with zero attached hydrogens (tertiary/aromatic N) is 2. The number of halogens is 3. The summed E-state index contributed by atoms with van der Waals surface area (Å²) in [7, 11) is 0. The van der Waals surface area contributed by atoms with Crippen LogP contribution in [0.2, 0.25) is 0 Å². The van der Waals surface area contributed by atoms with Gasteiger partial charge in [-0.1, -0.05) is 18.2 Å². The lowest BCUT2D eigenvalue weighted by atomic mass is 9.84. The van der Waals surface area contributed by atoms with Crippen molar-refractivity contribution in [3.8, 4) is 0 Å². The standard InChI is InChI=1S/C20H22F3N3O/c1-13-4-3-10-24-17(13)20(23)9-11-26(14(2)12-20)19(27)25-16-7-5-15(6-8-16)18(21)22/h3-8,10,14,18H,9,11-12H2,1-2H3,(H,25,27). The van der Waals surface area contributed by atoms with Gasteiger partial charge >= 0.3 is 6.03 Å². The predicted molar refractivity (Wildman–Crippen MR) is 97.6 cm³/mol. The quantitative estimate of drug-likeness (QED) is 0.798. The van der Waals surface area contributed by atoms with Gasteiger partial charge in [0.25, 0.3) is 6.43 Å². The third-order valence-corrected chi connectivity index (χ3v) is 5.01. The number of likely N-dealkylation sites (tertiary alicyclic amines) is 1. The molecule has 144 valence electrons. The van der Waals surface area contributed by atoms with Crippen LogP contribution in [0.5, 0.6) is 0 Å². The Kier molecular flexibility index (Phi) is 5.39. The van der Waals surface area contributed by atoms with Gasteiger partial charge in [0.1, 0.15) is 0 Å². The molecule has 1 saturated heterocycles. The number of hydrogen-bond acceptors (Lipinski definition) is 2. The van der Waals surface area contributed by atoms with Crippen LogP contribution in [-0.2, 0) is 5.67 Å². The Labute approximate surface area is 156 Å². The monoisotopic (exact) mass is 377 g/mol. The maximum absolute atomic E-state index is 15.5. The number of anilines is 1. The molecule has 0 saturated carbocycles. The van der Waals surface area contributed by atoms with Crippen molar-refractivity contribution < 1.29 is 18.0 Å². The molecule has 3 rings (SSSR count). The van der Waals surface area contributed by atoms with Crippen molar-refractivity contribution in [2.75, 3.05) is 11.9 Å². The molecule has 1 aliphatic rings. The second-order valence-corrected chi connectivity index (χ2v) is 6.98. The lowest BCUT2D eigenvalue weighted by Gasteiger charge is -2.41. The molecule has 2 amide bonds. The van der Waals surface area contributed by atoms with E-state index in [4.69, 9.17) is 0 Å². The SMILES string of the molecule is Cc1cccnc1C1(F)CCN(C(=O)Nc2ccc(C(F)F)cc2)C(C)C1. The number of nitrogens with one attached hydrogen (secondary N) is 1. The summed E-state index contributed by atoms with van der Waals surface area (Å²) in [5.41, 5.74) is -0.0225. The van der Waals surface area contributed by atoms with E-state index in [1.165, 1.54) is 24.3 Å². The fourth-order valence-electron chi connectivity index (χ4n) is 3.58. The van der Waals surface area contributed by atoms with Crippen molar-refractivity contribution in [1.29, 1.82) is 0 Å². The molecular weight excluding hydrogens is 355 g/mol. The third-order valence-electron chi connectivity index (χ3n) is 5.01. The van der Waals surface area contributed by atoms with Gasteiger partial charge in [-0.3, -0.25) is 4.98 Å². The van der Waals surface area contributed by atoms with Crippen molar-refractivity contribution >= 4 is 11.7 Å². The highest BCUT2D eigenvalue weighted by molar-refractivity contribution is 5.89. The van der Waals surface area contributed by atoms with Crippen molar-refractivity contribution in [1.82, 2.24) is 9.88 Å². The van der Waals surface area contributed by atoms with E-state index in [0.717, 1.165) is 5.56 Å². The zero-order valence-electron chi connectivity index (χ0n) is 15.3. The van der Waals surface area contributed by atoms with Crippen LogP contribution in [0, 0.1) is 6.92 Å². The van der Waals surface area contributed by atoms with Gasteiger partial charge in [-0.15, -0.1) is 0 Å². The number of rotatable bonds is 3. The van der Waals surface area contributed by atoms with E-state index in [9.17, 15) is 13.6 Å². The van der Waals surface area contributed by atoms with Crippen LogP contribution in [0.1, 0.15) is 43.0 Å². The van der Waals surface area contributed by atoms with Gasteiger partial charge in [0.2, 0.25) is 0 Å². The first-order chi connectivity index (χ1) is 12.8. The molecule has 1 aromatic carbocycles. The van der Waals surface area contributed by atoms with E-state index >= 15 is 4.39 Å². The number of benzene rings is 1. The Hall–Kier alpha value is -2.57. The number of piperidine rings is 1. The van der Waals surface area contributed by atoms with Crippen molar-refractivity contribution in [3.05, 3.63) is 59.4 Å². The van der Waals surface area contributed by atoms with Crippen LogP contribution in [0.25, 0.3) is 0 Å². The summed E-state index contributed by atoms with van der Waals surface area (Å²) >= 11 is 0. The van der Waals surface area contributed by atoms with Gasteiger partial charge in [0.05, 0.1) is 5.69 Å². The molecule has 1 aliphatic heterocycles. The molecular formula is C20H22F3N3O. The minimum Gasteiger partial charge on any atom is -0.322 e. The molecule has 1 aromatic heterocycles. The van der Waals surface area contributed by atoms with Crippen LogP contribution in [-0.4, -0.2) is 28.5 Å². The summed E-state index contributed by atoms with van der Waals surface area (Å²) < 4.78 is 40.7. The molecule has 0 bridgehead atoms. The molecule has 2 atom stereocenters. The van der Waals surface area contributed by atoms with Crippen LogP contribution in [0.3, 0.4) is 0 Å². The average molecular weight is 377 g/mol. The van der Waals surface area contributed by atoms with E-state index < -0.39 is 12.1 Å². The first-order valence-electron chi connectivity index (χ1n) is 8.87. The van der Waals surface area contributed by atoms with E-state index in [0.29, 0.717) is 11.4 Å². The second kappa shape index (κ2) is 7.58. The average Bonchev–Trinajstić information content (AvgIpc) is 2.62. The minimum atomic E-state index is -2.55. The molecule has 1 N–H and O–H groups in total. The van der Waals surface area contributed by atoms with E-state index in [2.05, 4.69) is 10.3 Å². The normalized spacial score (nSPS) is 22.7. The van der Waals surface area contributed by atoms with E-state index in [1.807, 2.05) is 13.0 Å². The number of urea groups is 1. The molecule has 0 radical (unpaired) electrons. The molecule has 0 aliphatic carbocycles. The molecule has 27 heavy (non-hydrogen) atoms. The summed E-state index contributed by atoms with van der Waals surface area (Å²) in [5.74, 6) is 0. The molecule has 0 spiro atoms. The number of hydrogen-bond donors (Lipinski definition) is 1. The highest BCUT2D eigenvalue weighted by Gasteiger charge is 2.43. The zero-order valence-corrected chi connectivity index (χ0v) is 15.3. The maximum Gasteiger partial charge on any atom is 0.322 e. The van der Waals surface area contributed by atoms with Gasteiger partial charge in [-0.2, -0.15) is 0 Å². The van der Waals surface area contributed by atoms with Gasteiger partial charge in [-0.25, -0.2) is 18.0 Å². The van der Waals surface area contributed by atoms with Gasteiger partial charge in [0, 0.05) is 42.9 Å². The Morgan fingerprint density at radius 2 is 2.00 bits per heavy atom. The summed E-state index contributed by atoms with van der Waals surface area (Å²) in [6, 6.07) is 8.32. The summed E-state index contributed by atoms with van der Waals surface area (Å²) in [4.78, 5) is 18.3. The van der Waals surface area contributed by atoms with Crippen molar-refractivity contribution in [2.45, 2.75) is 44.8 Å². The Morgan fingerprint density at radius 1 is 1.30 bits per heavy atom.